The first kappa shape index (κ1) is 16.1. The molecule has 0 bridgehead atoms. The van der Waals surface area contributed by atoms with E-state index in [-0.39, 0.29) is 0 Å². The maximum atomic E-state index is 10.2. The highest BCUT2D eigenvalue weighted by Crippen LogP contribution is 2.19. The van der Waals surface area contributed by atoms with Gasteiger partial charge in [-0.15, -0.1) is 6.58 Å². The van der Waals surface area contributed by atoms with Crippen LogP contribution in [0, 0.1) is 5.92 Å². The molecule has 2 unspecified atom stereocenters. The summed E-state index contributed by atoms with van der Waals surface area (Å²) in [6.07, 6.45) is 4.76. The molecule has 21 heavy (non-hydrogen) atoms. The molecule has 0 amide bonds. The Morgan fingerprint density at radius 2 is 2.29 bits per heavy atom. The highest BCUT2D eigenvalue weighted by Gasteiger charge is 2.19. The van der Waals surface area contributed by atoms with Crippen molar-refractivity contribution in [2.45, 2.75) is 32.3 Å². The normalized spacial score (nSPS) is 21.0. The second-order valence-electron chi connectivity index (χ2n) is 6.07. The smallest absolute Gasteiger partial charge is 0.122 e. The molecule has 3 heteroatoms. The Hall–Kier alpha value is -1.32. The number of hydrogen-bond donors (Lipinski definition) is 1. The lowest BCUT2D eigenvalue weighted by molar-refractivity contribution is 0.0535. The number of aliphatic hydroxyl groups is 1. The van der Waals surface area contributed by atoms with Gasteiger partial charge < -0.3 is 14.7 Å². The number of benzene rings is 1. The topological polar surface area (TPSA) is 32.7 Å². The third-order valence-electron chi connectivity index (χ3n) is 3.98. The molecule has 1 aliphatic heterocycles. The molecule has 3 nitrogen and oxygen atoms in total. The van der Waals surface area contributed by atoms with Gasteiger partial charge in [-0.1, -0.05) is 31.2 Å². The number of aliphatic hydroxyl groups excluding tert-OH is 1. The van der Waals surface area contributed by atoms with Crippen LogP contribution in [0.5, 0.6) is 5.75 Å². The van der Waals surface area contributed by atoms with Crippen molar-refractivity contribution in [1.29, 1.82) is 0 Å². The fraction of sp³-hybridized carbons (Fsp3) is 0.556. The van der Waals surface area contributed by atoms with E-state index in [1.807, 2.05) is 30.3 Å². The van der Waals surface area contributed by atoms with Crippen LogP contribution < -0.4 is 4.74 Å². The minimum atomic E-state index is -0.438. The number of piperidine rings is 1. The van der Waals surface area contributed by atoms with Gasteiger partial charge in [-0.25, -0.2) is 0 Å². The first-order valence-electron chi connectivity index (χ1n) is 7.91. The molecule has 2 atom stereocenters. The van der Waals surface area contributed by atoms with Crippen LogP contribution in [0.4, 0.5) is 0 Å². The largest absolute Gasteiger partial charge is 0.491 e. The molecule has 0 saturated carbocycles. The van der Waals surface area contributed by atoms with Crippen LogP contribution in [0.15, 0.2) is 36.9 Å². The minimum Gasteiger partial charge on any atom is -0.491 e. The van der Waals surface area contributed by atoms with Crippen LogP contribution >= 0.6 is 0 Å². The number of ether oxygens (including phenoxy) is 1. The number of hydrogen-bond acceptors (Lipinski definition) is 3. The second-order valence-corrected chi connectivity index (χ2v) is 6.07. The zero-order valence-electron chi connectivity index (χ0n) is 13.0. The summed E-state index contributed by atoms with van der Waals surface area (Å²) in [5.74, 6) is 1.59. The molecule has 116 valence electrons. The average molecular weight is 289 g/mol. The summed E-state index contributed by atoms with van der Waals surface area (Å²) in [7, 11) is 0. The van der Waals surface area contributed by atoms with Crippen molar-refractivity contribution in [1.82, 2.24) is 4.90 Å². The summed E-state index contributed by atoms with van der Waals surface area (Å²) in [6, 6.07) is 7.95. The molecule has 1 saturated heterocycles. The third kappa shape index (κ3) is 5.18. The number of β-amino-alcohol motifs (C(OH)–C–C–N with tert-alkyl or cyclic N) is 1. The molecule has 0 radical (unpaired) electrons. The van der Waals surface area contributed by atoms with Crippen molar-refractivity contribution >= 4 is 0 Å². The molecule has 0 aromatic heterocycles. The first-order valence-corrected chi connectivity index (χ1v) is 7.91. The first-order chi connectivity index (χ1) is 10.2. The number of nitrogens with zero attached hydrogens (tertiary/aromatic N) is 1. The van der Waals surface area contributed by atoms with E-state index in [1.54, 1.807) is 0 Å². The summed E-state index contributed by atoms with van der Waals surface area (Å²) in [6.45, 7) is 9.27. The SMILES string of the molecule is C=CCc1ccccc1OCC(O)CN1CCCC(C)C1. The Labute approximate surface area is 128 Å². The summed E-state index contributed by atoms with van der Waals surface area (Å²) in [5, 5.41) is 10.2. The monoisotopic (exact) mass is 289 g/mol. The van der Waals surface area contributed by atoms with Gasteiger partial charge in [-0.3, -0.25) is 0 Å². The average Bonchev–Trinajstić information content (AvgIpc) is 2.47. The Bertz CT molecular complexity index is 447. The molecule has 0 spiro atoms. The zero-order chi connectivity index (χ0) is 15.1. The van der Waals surface area contributed by atoms with Gasteiger partial charge in [0.1, 0.15) is 18.5 Å². The van der Waals surface area contributed by atoms with E-state index in [0.717, 1.165) is 36.7 Å². The molecule has 1 aromatic rings. The fourth-order valence-electron chi connectivity index (χ4n) is 2.96. The highest BCUT2D eigenvalue weighted by molar-refractivity contribution is 5.34. The standard InChI is InChI=1S/C18H27NO2/c1-3-7-16-9-4-5-10-18(16)21-14-17(20)13-19-11-6-8-15(2)12-19/h3-5,9-10,15,17,20H,1,6-8,11-14H2,2H3. The quantitative estimate of drug-likeness (QED) is 0.784. The molecular formula is C18H27NO2. The van der Waals surface area contributed by atoms with Crippen molar-refractivity contribution in [3.8, 4) is 5.75 Å². The predicted octanol–water partition coefficient (Wildman–Crippen LogP) is 2.89. The lowest BCUT2D eigenvalue weighted by atomic mass is 10.0. The molecule has 1 N–H and O–H groups in total. The van der Waals surface area contributed by atoms with Gasteiger partial charge in [-0.2, -0.15) is 0 Å². The van der Waals surface area contributed by atoms with E-state index >= 15 is 0 Å². The fourth-order valence-corrected chi connectivity index (χ4v) is 2.96. The van der Waals surface area contributed by atoms with Gasteiger partial charge in [0, 0.05) is 13.1 Å². The molecule has 1 aromatic carbocycles. The summed E-state index contributed by atoms with van der Waals surface area (Å²) in [4.78, 5) is 2.35. The van der Waals surface area contributed by atoms with Crippen LogP contribution in [0.2, 0.25) is 0 Å². The van der Waals surface area contributed by atoms with Crippen molar-refractivity contribution in [3.63, 3.8) is 0 Å². The zero-order valence-corrected chi connectivity index (χ0v) is 13.0. The molecule has 2 rings (SSSR count). The summed E-state index contributed by atoms with van der Waals surface area (Å²) in [5.41, 5.74) is 1.12. The van der Waals surface area contributed by atoms with E-state index in [9.17, 15) is 5.11 Å². The Balaban J connectivity index is 1.80. The van der Waals surface area contributed by atoms with E-state index in [2.05, 4.69) is 18.4 Å². The van der Waals surface area contributed by atoms with Gasteiger partial charge in [0.25, 0.3) is 0 Å². The lowest BCUT2D eigenvalue weighted by Gasteiger charge is -2.32. The number of allylic oxidation sites excluding steroid dienone is 1. The van der Waals surface area contributed by atoms with Crippen molar-refractivity contribution in [2.75, 3.05) is 26.2 Å². The van der Waals surface area contributed by atoms with Gasteiger partial charge in [-0.05, 0) is 43.4 Å². The number of rotatable bonds is 7. The molecule has 0 aliphatic carbocycles. The highest BCUT2D eigenvalue weighted by atomic mass is 16.5. The second kappa shape index (κ2) is 8.20. The minimum absolute atomic E-state index is 0.346. The van der Waals surface area contributed by atoms with E-state index in [4.69, 9.17) is 4.74 Å². The lowest BCUT2D eigenvalue weighted by Crippen LogP contribution is -2.41. The summed E-state index contributed by atoms with van der Waals surface area (Å²) < 4.78 is 5.80. The number of para-hydroxylation sites is 1. The molecule has 1 aliphatic rings. The van der Waals surface area contributed by atoms with Gasteiger partial charge in [0.2, 0.25) is 0 Å². The van der Waals surface area contributed by atoms with Crippen LogP contribution in [-0.2, 0) is 6.42 Å². The van der Waals surface area contributed by atoms with Crippen LogP contribution in [0.1, 0.15) is 25.3 Å². The van der Waals surface area contributed by atoms with Crippen molar-refractivity contribution in [3.05, 3.63) is 42.5 Å². The predicted molar refractivity (Wildman–Crippen MR) is 86.7 cm³/mol. The van der Waals surface area contributed by atoms with Crippen molar-refractivity contribution < 1.29 is 9.84 Å². The van der Waals surface area contributed by atoms with E-state index < -0.39 is 6.10 Å². The summed E-state index contributed by atoms with van der Waals surface area (Å²) >= 11 is 0. The maximum absolute atomic E-state index is 10.2. The molecule has 1 fully saturated rings. The van der Waals surface area contributed by atoms with Crippen LogP contribution in [0.3, 0.4) is 0 Å². The number of likely N-dealkylation sites (tertiary alicyclic amines) is 1. The Kier molecular flexibility index (Phi) is 6.27. The Morgan fingerprint density at radius 1 is 1.48 bits per heavy atom. The molecular weight excluding hydrogens is 262 g/mol. The maximum Gasteiger partial charge on any atom is 0.122 e. The van der Waals surface area contributed by atoms with Gasteiger partial charge in [0.05, 0.1) is 0 Å². The Morgan fingerprint density at radius 3 is 3.05 bits per heavy atom. The van der Waals surface area contributed by atoms with Crippen molar-refractivity contribution in [2.24, 2.45) is 5.92 Å². The van der Waals surface area contributed by atoms with Gasteiger partial charge >= 0.3 is 0 Å². The third-order valence-corrected chi connectivity index (χ3v) is 3.98. The molecule has 1 heterocycles. The van der Waals surface area contributed by atoms with Gasteiger partial charge in [0.15, 0.2) is 0 Å². The van der Waals surface area contributed by atoms with E-state index in [1.165, 1.54) is 12.8 Å². The van der Waals surface area contributed by atoms with Crippen LogP contribution in [-0.4, -0.2) is 42.4 Å². The van der Waals surface area contributed by atoms with E-state index in [0.29, 0.717) is 13.2 Å². The van der Waals surface area contributed by atoms with Crippen LogP contribution in [0.25, 0.3) is 0 Å².